The molecule has 3 N–H and O–H groups in total. The summed E-state index contributed by atoms with van der Waals surface area (Å²) in [6.45, 7) is 9.22. The molecule has 0 heterocycles. The summed E-state index contributed by atoms with van der Waals surface area (Å²) in [4.78, 5) is 15.9. The van der Waals surface area contributed by atoms with Crippen molar-refractivity contribution in [1.82, 2.24) is 15.1 Å². The lowest BCUT2D eigenvalue weighted by Crippen LogP contribution is -2.44. The average Bonchev–Trinajstić information content (AvgIpc) is 2.35. The van der Waals surface area contributed by atoms with Crippen LogP contribution in [0.15, 0.2) is 0 Å². The van der Waals surface area contributed by atoms with Crippen LogP contribution in [-0.2, 0) is 4.79 Å². The van der Waals surface area contributed by atoms with Crippen molar-refractivity contribution < 1.29 is 4.79 Å². The second-order valence-corrected chi connectivity index (χ2v) is 5.29. The average molecular weight is 272 g/mol. The summed E-state index contributed by atoms with van der Waals surface area (Å²) >= 11 is 0. The van der Waals surface area contributed by atoms with E-state index in [1.54, 1.807) is 0 Å². The zero-order valence-corrected chi connectivity index (χ0v) is 13.1. The summed E-state index contributed by atoms with van der Waals surface area (Å²) in [5, 5.41) is 3.21. The van der Waals surface area contributed by atoms with Crippen LogP contribution in [0.25, 0.3) is 0 Å². The molecule has 0 aliphatic rings. The maximum Gasteiger partial charge on any atom is 0.234 e. The van der Waals surface area contributed by atoms with Crippen LogP contribution >= 0.6 is 0 Å². The van der Waals surface area contributed by atoms with E-state index in [-0.39, 0.29) is 11.9 Å². The van der Waals surface area contributed by atoms with Gasteiger partial charge >= 0.3 is 0 Å². The maximum absolute atomic E-state index is 11.3. The normalized spacial score (nSPS) is 13.2. The first-order valence-electron chi connectivity index (χ1n) is 7.41. The largest absolute Gasteiger partial charge is 0.368 e. The van der Waals surface area contributed by atoms with Crippen LogP contribution < -0.4 is 11.1 Å². The van der Waals surface area contributed by atoms with E-state index in [9.17, 15) is 4.79 Å². The molecular weight excluding hydrogens is 240 g/mol. The van der Waals surface area contributed by atoms with E-state index in [1.165, 1.54) is 0 Å². The van der Waals surface area contributed by atoms with Crippen molar-refractivity contribution in [3.05, 3.63) is 0 Å². The smallest absolute Gasteiger partial charge is 0.234 e. The number of hydrogen-bond donors (Lipinski definition) is 2. The van der Waals surface area contributed by atoms with Gasteiger partial charge in [-0.05, 0) is 59.5 Å². The molecule has 19 heavy (non-hydrogen) atoms. The Morgan fingerprint density at radius 1 is 1.21 bits per heavy atom. The Hall–Kier alpha value is -0.650. The van der Waals surface area contributed by atoms with Gasteiger partial charge in [-0.15, -0.1) is 0 Å². The molecule has 1 amide bonds. The highest BCUT2D eigenvalue weighted by Crippen LogP contribution is 1.99. The fraction of sp³-hybridized carbons (Fsp3) is 0.929. The van der Waals surface area contributed by atoms with E-state index in [4.69, 9.17) is 5.73 Å². The van der Waals surface area contributed by atoms with Crippen LogP contribution in [0.1, 0.15) is 33.1 Å². The van der Waals surface area contributed by atoms with Gasteiger partial charge < -0.3 is 20.9 Å². The third-order valence-electron chi connectivity index (χ3n) is 3.25. The van der Waals surface area contributed by atoms with Gasteiger partial charge in [0.15, 0.2) is 0 Å². The first-order valence-corrected chi connectivity index (χ1v) is 7.41. The van der Waals surface area contributed by atoms with Crippen LogP contribution in [0.3, 0.4) is 0 Å². The fourth-order valence-corrected chi connectivity index (χ4v) is 2.01. The fourth-order valence-electron chi connectivity index (χ4n) is 2.01. The van der Waals surface area contributed by atoms with Crippen molar-refractivity contribution in [1.29, 1.82) is 0 Å². The predicted molar refractivity (Wildman–Crippen MR) is 81.2 cm³/mol. The highest BCUT2D eigenvalue weighted by Gasteiger charge is 2.15. The maximum atomic E-state index is 11.3. The molecule has 0 rings (SSSR count). The molecule has 1 atom stereocenters. The van der Waals surface area contributed by atoms with Gasteiger partial charge in [-0.3, -0.25) is 4.79 Å². The van der Waals surface area contributed by atoms with Crippen LogP contribution in [0, 0.1) is 0 Å². The van der Waals surface area contributed by atoms with Crippen molar-refractivity contribution in [2.45, 2.75) is 39.2 Å². The molecule has 0 aromatic rings. The molecule has 0 spiro atoms. The number of amides is 1. The van der Waals surface area contributed by atoms with Gasteiger partial charge in [0.1, 0.15) is 0 Å². The number of primary amides is 1. The summed E-state index contributed by atoms with van der Waals surface area (Å²) in [6, 6.07) is -0.192. The van der Waals surface area contributed by atoms with E-state index in [0.717, 1.165) is 52.0 Å². The highest BCUT2D eigenvalue weighted by atomic mass is 16.1. The SMILES string of the molecule is CCCNC(CCN(CC)CCCN(C)C)C(N)=O. The third kappa shape index (κ3) is 9.87. The molecule has 1 unspecified atom stereocenters. The summed E-state index contributed by atoms with van der Waals surface area (Å²) in [5.41, 5.74) is 5.42. The Morgan fingerprint density at radius 3 is 2.37 bits per heavy atom. The molecule has 0 fully saturated rings. The molecule has 0 saturated heterocycles. The van der Waals surface area contributed by atoms with E-state index in [0.29, 0.717) is 0 Å². The third-order valence-corrected chi connectivity index (χ3v) is 3.25. The molecule has 0 bridgehead atoms. The quantitative estimate of drug-likeness (QED) is 0.543. The molecule has 5 heteroatoms. The first kappa shape index (κ1) is 18.4. The Morgan fingerprint density at radius 2 is 1.89 bits per heavy atom. The minimum Gasteiger partial charge on any atom is -0.368 e. The minimum atomic E-state index is -0.238. The molecule has 0 aromatic heterocycles. The lowest BCUT2D eigenvalue weighted by Gasteiger charge is -2.24. The number of nitrogens with two attached hydrogens (primary N) is 1. The Balaban J connectivity index is 3.97. The van der Waals surface area contributed by atoms with E-state index >= 15 is 0 Å². The number of nitrogens with one attached hydrogen (secondary N) is 1. The topological polar surface area (TPSA) is 61.6 Å². The Kier molecular flexibility index (Phi) is 10.8. The lowest BCUT2D eigenvalue weighted by atomic mass is 10.1. The second kappa shape index (κ2) is 11.2. The molecule has 0 radical (unpaired) electrons. The second-order valence-electron chi connectivity index (χ2n) is 5.29. The van der Waals surface area contributed by atoms with Crippen LogP contribution in [0.2, 0.25) is 0 Å². The van der Waals surface area contributed by atoms with Crippen molar-refractivity contribution in [3.8, 4) is 0 Å². The molecule has 114 valence electrons. The first-order chi connectivity index (χ1) is 9.01. The van der Waals surface area contributed by atoms with Crippen molar-refractivity contribution in [2.75, 3.05) is 46.8 Å². The summed E-state index contributed by atoms with van der Waals surface area (Å²) in [6.07, 6.45) is 2.97. The molecule has 0 aliphatic heterocycles. The molecular formula is C14H32N4O. The number of hydrogen-bond acceptors (Lipinski definition) is 4. The van der Waals surface area contributed by atoms with Crippen molar-refractivity contribution in [2.24, 2.45) is 5.73 Å². The van der Waals surface area contributed by atoms with Gasteiger partial charge in [-0.2, -0.15) is 0 Å². The predicted octanol–water partition coefficient (Wildman–Crippen LogP) is 0.504. The van der Waals surface area contributed by atoms with Gasteiger partial charge in [-0.25, -0.2) is 0 Å². The van der Waals surface area contributed by atoms with Gasteiger partial charge in [0.25, 0.3) is 0 Å². The van der Waals surface area contributed by atoms with Gasteiger partial charge in [0.2, 0.25) is 5.91 Å². The summed E-state index contributed by atoms with van der Waals surface area (Å²) in [7, 11) is 4.18. The van der Waals surface area contributed by atoms with E-state index < -0.39 is 0 Å². The minimum absolute atomic E-state index is 0.192. The summed E-state index contributed by atoms with van der Waals surface area (Å²) in [5.74, 6) is -0.238. The monoisotopic (exact) mass is 272 g/mol. The molecule has 0 aliphatic carbocycles. The Bertz CT molecular complexity index is 233. The number of carbonyl (C=O) groups is 1. The number of carbonyl (C=O) groups excluding carboxylic acids is 1. The lowest BCUT2D eigenvalue weighted by molar-refractivity contribution is -0.120. The zero-order valence-electron chi connectivity index (χ0n) is 13.1. The van der Waals surface area contributed by atoms with Crippen LogP contribution in [0.4, 0.5) is 0 Å². The molecule has 0 aromatic carbocycles. The summed E-state index contributed by atoms with van der Waals surface area (Å²) < 4.78 is 0. The zero-order chi connectivity index (χ0) is 14.7. The van der Waals surface area contributed by atoms with Crippen LogP contribution in [0.5, 0.6) is 0 Å². The highest BCUT2D eigenvalue weighted by molar-refractivity contribution is 5.79. The van der Waals surface area contributed by atoms with E-state index in [1.807, 2.05) is 0 Å². The van der Waals surface area contributed by atoms with Crippen molar-refractivity contribution >= 4 is 5.91 Å². The van der Waals surface area contributed by atoms with E-state index in [2.05, 4.69) is 43.1 Å². The standard InChI is InChI=1S/C14H32N4O/c1-5-9-16-13(14(15)19)8-12-18(6-2)11-7-10-17(3)4/h13,16H,5-12H2,1-4H3,(H2,15,19). The molecule has 0 saturated carbocycles. The number of nitrogens with zero attached hydrogens (tertiary/aromatic N) is 2. The number of rotatable bonds is 12. The van der Waals surface area contributed by atoms with Gasteiger partial charge in [0.05, 0.1) is 6.04 Å². The van der Waals surface area contributed by atoms with Crippen LogP contribution in [-0.4, -0.2) is 68.6 Å². The van der Waals surface area contributed by atoms with Gasteiger partial charge in [-0.1, -0.05) is 13.8 Å². The molecule has 5 nitrogen and oxygen atoms in total. The Labute approximate surface area is 118 Å². The van der Waals surface area contributed by atoms with Gasteiger partial charge in [0, 0.05) is 6.54 Å². The van der Waals surface area contributed by atoms with Crippen molar-refractivity contribution in [3.63, 3.8) is 0 Å².